The van der Waals surface area contributed by atoms with Gasteiger partial charge in [0.05, 0.1) is 119 Å². The molecule has 0 unspecified atom stereocenters. The van der Waals surface area contributed by atoms with Crippen molar-refractivity contribution in [3.63, 3.8) is 0 Å². The molecule has 11 heteroatoms. The van der Waals surface area contributed by atoms with Gasteiger partial charge in [0.25, 0.3) is 0 Å². The molecule has 0 aliphatic heterocycles. The van der Waals surface area contributed by atoms with Crippen LogP contribution in [-0.4, -0.2) is 130 Å². The molecule has 0 spiro atoms. The number of unbranched alkanes of at least 4 members (excludes halogenated alkanes) is 1. The van der Waals surface area contributed by atoms with Gasteiger partial charge in [-0.1, -0.05) is 13.3 Å². The van der Waals surface area contributed by atoms with Gasteiger partial charge in [-0.25, -0.2) is 0 Å². The largest absolute Gasteiger partial charge is 0.481 e. The second-order valence-corrected chi connectivity index (χ2v) is 7.01. The van der Waals surface area contributed by atoms with E-state index in [-0.39, 0.29) is 13.0 Å². The van der Waals surface area contributed by atoms with Crippen LogP contribution >= 0.6 is 0 Å². The van der Waals surface area contributed by atoms with E-state index in [9.17, 15) is 4.79 Å². The maximum atomic E-state index is 10.3. The van der Waals surface area contributed by atoms with Gasteiger partial charge < -0.3 is 47.7 Å². The van der Waals surface area contributed by atoms with Crippen molar-refractivity contribution in [2.24, 2.45) is 0 Å². The molecular weight excluding hydrogens is 452 g/mol. The monoisotopic (exact) mass is 498 g/mol. The second-order valence-electron chi connectivity index (χ2n) is 7.01. The average molecular weight is 499 g/mol. The molecule has 0 rings (SSSR count). The van der Waals surface area contributed by atoms with Crippen molar-refractivity contribution in [3.05, 3.63) is 0 Å². The predicted octanol–water partition coefficient (Wildman–Crippen LogP) is 1.41. The van der Waals surface area contributed by atoms with Crippen LogP contribution in [0, 0.1) is 0 Å². The summed E-state index contributed by atoms with van der Waals surface area (Å²) in [5, 5.41) is 8.46. The first-order valence-electron chi connectivity index (χ1n) is 12.2. The fourth-order valence-electron chi connectivity index (χ4n) is 2.27. The minimum Gasteiger partial charge on any atom is -0.481 e. The van der Waals surface area contributed by atoms with Crippen LogP contribution < -0.4 is 0 Å². The number of carbonyl (C=O) groups is 1. The van der Waals surface area contributed by atoms with E-state index in [1.54, 1.807) is 0 Å². The van der Waals surface area contributed by atoms with E-state index < -0.39 is 5.97 Å². The Balaban J connectivity index is 3.01. The predicted molar refractivity (Wildman–Crippen MR) is 125 cm³/mol. The van der Waals surface area contributed by atoms with Crippen molar-refractivity contribution >= 4 is 5.97 Å². The number of ether oxygens (including phenoxy) is 9. The molecule has 204 valence electrons. The fourth-order valence-corrected chi connectivity index (χ4v) is 2.27. The summed E-state index contributed by atoms with van der Waals surface area (Å²) < 4.78 is 48.3. The van der Waals surface area contributed by atoms with Gasteiger partial charge in [0.1, 0.15) is 0 Å². The molecule has 11 nitrogen and oxygen atoms in total. The van der Waals surface area contributed by atoms with Gasteiger partial charge in [0.2, 0.25) is 0 Å². The number of hydrogen-bond acceptors (Lipinski definition) is 10. The molecule has 0 atom stereocenters. The number of carboxylic acid groups (broad SMARTS) is 1. The SMILES string of the molecule is CCCCOCCOCCOCCOCCOCCOCCOCCOCCOCCC(=O)O. The summed E-state index contributed by atoms with van der Waals surface area (Å²) in [5.41, 5.74) is 0. The minimum absolute atomic E-state index is 0.00453. The molecule has 0 aromatic heterocycles. The quantitative estimate of drug-likeness (QED) is 0.145. The van der Waals surface area contributed by atoms with Crippen molar-refractivity contribution in [3.8, 4) is 0 Å². The van der Waals surface area contributed by atoms with Crippen molar-refractivity contribution in [2.45, 2.75) is 26.2 Å². The summed E-state index contributed by atoms with van der Waals surface area (Å²) in [4.78, 5) is 10.3. The van der Waals surface area contributed by atoms with E-state index in [0.717, 1.165) is 19.4 Å². The van der Waals surface area contributed by atoms with Crippen LogP contribution in [0.1, 0.15) is 26.2 Å². The number of rotatable bonds is 30. The molecule has 0 saturated carbocycles. The first-order valence-corrected chi connectivity index (χ1v) is 12.2. The summed E-state index contributed by atoms with van der Waals surface area (Å²) in [6.45, 7) is 11.3. The van der Waals surface area contributed by atoms with E-state index in [4.69, 9.17) is 47.7 Å². The molecule has 0 bridgehead atoms. The Morgan fingerprint density at radius 1 is 0.441 bits per heavy atom. The van der Waals surface area contributed by atoms with Gasteiger partial charge in [-0.15, -0.1) is 0 Å². The van der Waals surface area contributed by atoms with Gasteiger partial charge in [-0.3, -0.25) is 4.79 Å². The number of hydrogen-bond donors (Lipinski definition) is 1. The van der Waals surface area contributed by atoms with Crippen molar-refractivity contribution in [2.75, 3.05) is 119 Å². The Morgan fingerprint density at radius 2 is 0.676 bits per heavy atom. The van der Waals surface area contributed by atoms with Crippen molar-refractivity contribution < 1.29 is 52.5 Å². The molecule has 0 aromatic rings. The van der Waals surface area contributed by atoms with E-state index in [0.29, 0.717) is 106 Å². The topological polar surface area (TPSA) is 120 Å². The van der Waals surface area contributed by atoms with E-state index >= 15 is 0 Å². The normalized spacial score (nSPS) is 11.3. The highest BCUT2D eigenvalue weighted by Gasteiger charge is 1.97. The lowest BCUT2D eigenvalue weighted by Gasteiger charge is -2.08. The van der Waals surface area contributed by atoms with Crippen LogP contribution in [0.3, 0.4) is 0 Å². The first kappa shape index (κ1) is 33.1. The Labute approximate surface area is 204 Å². The van der Waals surface area contributed by atoms with Crippen LogP contribution in [0.5, 0.6) is 0 Å². The van der Waals surface area contributed by atoms with E-state index in [2.05, 4.69) is 6.92 Å². The van der Waals surface area contributed by atoms with Gasteiger partial charge in [0.15, 0.2) is 0 Å². The molecule has 0 aliphatic rings. The Morgan fingerprint density at radius 3 is 0.912 bits per heavy atom. The molecular formula is C23H46O11. The van der Waals surface area contributed by atoms with Crippen LogP contribution in [-0.2, 0) is 47.4 Å². The lowest BCUT2D eigenvalue weighted by molar-refractivity contribution is -0.138. The molecule has 0 fully saturated rings. The lowest BCUT2D eigenvalue weighted by Crippen LogP contribution is -2.15. The summed E-state index contributed by atoms with van der Waals surface area (Å²) in [6.07, 6.45) is 2.24. The van der Waals surface area contributed by atoms with Crippen LogP contribution in [0.2, 0.25) is 0 Å². The summed E-state index contributed by atoms with van der Waals surface area (Å²) in [6, 6.07) is 0. The van der Waals surface area contributed by atoms with Gasteiger partial charge in [-0.05, 0) is 6.42 Å². The smallest absolute Gasteiger partial charge is 0.305 e. The molecule has 1 N–H and O–H groups in total. The standard InChI is InChI=1S/C23H46O11/c1-2-3-5-26-7-9-28-11-13-30-15-17-32-19-21-34-22-20-33-18-16-31-14-12-29-10-8-27-6-4-23(24)25/h2-22H2,1H3,(H,24,25). The lowest BCUT2D eigenvalue weighted by atomic mass is 10.4. The third-order valence-corrected chi connectivity index (χ3v) is 4.08. The summed E-state index contributed by atoms with van der Waals surface area (Å²) in [5.74, 6) is -0.869. The molecule has 0 heterocycles. The zero-order valence-electron chi connectivity index (χ0n) is 20.9. The molecule has 0 amide bonds. The van der Waals surface area contributed by atoms with Gasteiger partial charge in [0, 0.05) is 6.61 Å². The Hall–Kier alpha value is -0.890. The molecule has 0 radical (unpaired) electrons. The number of carboxylic acids is 1. The highest BCUT2D eigenvalue weighted by molar-refractivity contribution is 5.66. The van der Waals surface area contributed by atoms with Crippen LogP contribution in [0.4, 0.5) is 0 Å². The molecule has 0 saturated heterocycles. The summed E-state index contributed by atoms with van der Waals surface area (Å²) >= 11 is 0. The molecule has 34 heavy (non-hydrogen) atoms. The zero-order chi connectivity index (χ0) is 24.8. The maximum absolute atomic E-state index is 10.3. The van der Waals surface area contributed by atoms with E-state index in [1.807, 2.05) is 0 Å². The second kappa shape index (κ2) is 30.1. The highest BCUT2D eigenvalue weighted by atomic mass is 16.6. The maximum Gasteiger partial charge on any atom is 0.305 e. The van der Waals surface area contributed by atoms with Crippen molar-refractivity contribution in [1.29, 1.82) is 0 Å². The number of aliphatic carboxylic acids is 1. The Bertz CT molecular complexity index is 399. The summed E-state index contributed by atoms with van der Waals surface area (Å²) in [7, 11) is 0. The zero-order valence-corrected chi connectivity index (χ0v) is 20.9. The average Bonchev–Trinajstić information content (AvgIpc) is 2.83. The van der Waals surface area contributed by atoms with Crippen molar-refractivity contribution in [1.82, 2.24) is 0 Å². The third kappa shape index (κ3) is 31.1. The van der Waals surface area contributed by atoms with Gasteiger partial charge >= 0.3 is 5.97 Å². The highest BCUT2D eigenvalue weighted by Crippen LogP contribution is 1.89. The molecule has 0 aliphatic carbocycles. The molecule has 0 aromatic carbocycles. The van der Waals surface area contributed by atoms with Crippen LogP contribution in [0.25, 0.3) is 0 Å². The van der Waals surface area contributed by atoms with E-state index in [1.165, 1.54) is 0 Å². The fraction of sp³-hybridized carbons (Fsp3) is 0.957. The van der Waals surface area contributed by atoms with Crippen LogP contribution in [0.15, 0.2) is 0 Å². The van der Waals surface area contributed by atoms with Gasteiger partial charge in [-0.2, -0.15) is 0 Å². The third-order valence-electron chi connectivity index (χ3n) is 4.08. The minimum atomic E-state index is -0.869. The Kier molecular flexibility index (Phi) is 29.4. The first-order chi connectivity index (χ1) is 16.8.